The van der Waals surface area contributed by atoms with Crippen LogP contribution in [0.5, 0.6) is 11.5 Å². The van der Waals surface area contributed by atoms with Gasteiger partial charge in [0.25, 0.3) is 0 Å². The van der Waals surface area contributed by atoms with Gasteiger partial charge in [-0.2, -0.15) is 0 Å². The fraction of sp³-hybridized carbons (Fsp3) is 0.667. The number of methoxy groups -OCH3 is 2. The molecule has 118 valence electrons. The Morgan fingerprint density at radius 3 is 2.14 bits per heavy atom. The maximum Gasteiger partial charge on any atom is 0.127 e. The summed E-state index contributed by atoms with van der Waals surface area (Å²) in [7, 11) is 3.40. The molecule has 2 rings (SSSR count). The molecule has 1 saturated carbocycles. The van der Waals surface area contributed by atoms with Gasteiger partial charge in [-0.1, -0.05) is 38.7 Å². The Balaban J connectivity index is 2.12. The zero-order valence-electron chi connectivity index (χ0n) is 13.6. The molecule has 1 aromatic rings. The molecular weight excluding hydrogens is 262 g/mol. The molecule has 1 fully saturated rings. The standard InChI is InChI=1S/C18H29NO2/c1-4-6-13-9-11-14(12-10-13)18(19)17-15(20-2)7-5-8-16(17)21-3/h5,7-8,13-14,18H,4,6,9-12,19H2,1-3H3. The van der Waals surface area contributed by atoms with Gasteiger partial charge in [0.15, 0.2) is 0 Å². The lowest BCUT2D eigenvalue weighted by Crippen LogP contribution is -2.27. The van der Waals surface area contributed by atoms with Gasteiger partial charge in [0, 0.05) is 6.04 Å². The van der Waals surface area contributed by atoms with Crippen LogP contribution in [-0.4, -0.2) is 14.2 Å². The summed E-state index contributed by atoms with van der Waals surface area (Å²) in [5.41, 5.74) is 7.61. The zero-order chi connectivity index (χ0) is 15.2. The van der Waals surface area contributed by atoms with Crippen LogP contribution in [0.4, 0.5) is 0 Å². The van der Waals surface area contributed by atoms with Gasteiger partial charge < -0.3 is 15.2 Å². The highest BCUT2D eigenvalue weighted by atomic mass is 16.5. The van der Waals surface area contributed by atoms with Gasteiger partial charge in [-0.15, -0.1) is 0 Å². The predicted molar refractivity (Wildman–Crippen MR) is 86.8 cm³/mol. The quantitative estimate of drug-likeness (QED) is 0.849. The Labute approximate surface area is 128 Å². The molecule has 1 aliphatic rings. The highest BCUT2D eigenvalue weighted by Gasteiger charge is 2.29. The first-order valence-electron chi connectivity index (χ1n) is 8.17. The summed E-state index contributed by atoms with van der Waals surface area (Å²) in [4.78, 5) is 0. The van der Waals surface area contributed by atoms with Crippen molar-refractivity contribution in [1.29, 1.82) is 0 Å². The van der Waals surface area contributed by atoms with Crippen molar-refractivity contribution in [3.8, 4) is 11.5 Å². The van der Waals surface area contributed by atoms with Gasteiger partial charge >= 0.3 is 0 Å². The molecule has 0 aromatic heterocycles. The first kappa shape index (κ1) is 16.2. The van der Waals surface area contributed by atoms with Crippen LogP contribution in [0, 0.1) is 11.8 Å². The van der Waals surface area contributed by atoms with E-state index in [0.29, 0.717) is 5.92 Å². The fourth-order valence-corrected chi connectivity index (χ4v) is 3.69. The molecule has 1 aromatic carbocycles. The second-order valence-corrected chi connectivity index (χ2v) is 6.17. The zero-order valence-corrected chi connectivity index (χ0v) is 13.6. The van der Waals surface area contributed by atoms with E-state index in [1.807, 2.05) is 18.2 Å². The van der Waals surface area contributed by atoms with Crippen LogP contribution in [0.2, 0.25) is 0 Å². The summed E-state index contributed by atoms with van der Waals surface area (Å²) in [6, 6.07) is 5.89. The highest BCUT2D eigenvalue weighted by Crippen LogP contribution is 2.42. The summed E-state index contributed by atoms with van der Waals surface area (Å²) in [5.74, 6) is 3.12. The Kier molecular flexibility index (Phi) is 5.92. The van der Waals surface area contributed by atoms with Gasteiger partial charge in [-0.3, -0.25) is 0 Å². The monoisotopic (exact) mass is 291 g/mol. The second kappa shape index (κ2) is 7.69. The minimum atomic E-state index is -0.00123. The smallest absolute Gasteiger partial charge is 0.127 e. The largest absolute Gasteiger partial charge is 0.496 e. The van der Waals surface area contributed by atoms with E-state index in [1.165, 1.54) is 38.5 Å². The molecule has 0 saturated heterocycles. The second-order valence-electron chi connectivity index (χ2n) is 6.17. The normalized spacial score (nSPS) is 23.6. The number of hydrogen-bond donors (Lipinski definition) is 1. The van der Waals surface area contributed by atoms with Gasteiger partial charge in [-0.25, -0.2) is 0 Å². The average Bonchev–Trinajstić information content (AvgIpc) is 2.54. The van der Waals surface area contributed by atoms with Crippen molar-refractivity contribution in [3.63, 3.8) is 0 Å². The molecule has 1 aliphatic carbocycles. The van der Waals surface area contributed by atoms with Crippen LogP contribution in [0.1, 0.15) is 57.1 Å². The molecule has 0 radical (unpaired) electrons. The molecule has 3 nitrogen and oxygen atoms in total. The molecule has 1 atom stereocenters. The third-order valence-corrected chi connectivity index (χ3v) is 4.90. The van der Waals surface area contributed by atoms with Crippen LogP contribution in [0.15, 0.2) is 18.2 Å². The van der Waals surface area contributed by atoms with Crippen molar-refractivity contribution < 1.29 is 9.47 Å². The van der Waals surface area contributed by atoms with Crippen molar-refractivity contribution in [2.75, 3.05) is 14.2 Å². The summed E-state index contributed by atoms with van der Waals surface area (Å²) in [6.45, 7) is 2.28. The van der Waals surface area contributed by atoms with Gasteiger partial charge in [0.05, 0.1) is 19.8 Å². The topological polar surface area (TPSA) is 44.5 Å². The molecule has 0 spiro atoms. The Morgan fingerprint density at radius 1 is 1.10 bits per heavy atom. The van der Waals surface area contributed by atoms with Crippen molar-refractivity contribution in [2.24, 2.45) is 17.6 Å². The Bertz CT molecular complexity index is 417. The SMILES string of the molecule is CCCC1CCC(C(N)c2c(OC)cccc2OC)CC1. The van der Waals surface area contributed by atoms with Crippen LogP contribution in [-0.2, 0) is 0 Å². The third kappa shape index (κ3) is 3.70. The summed E-state index contributed by atoms with van der Waals surface area (Å²) >= 11 is 0. The lowest BCUT2D eigenvalue weighted by Gasteiger charge is -2.33. The van der Waals surface area contributed by atoms with E-state index >= 15 is 0 Å². The van der Waals surface area contributed by atoms with Crippen LogP contribution in [0.25, 0.3) is 0 Å². The average molecular weight is 291 g/mol. The Hall–Kier alpha value is -1.22. The molecule has 1 unspecified atom stereocenters. The molecule has 0 bridgehead atoms. The molecular formula is C18H29NO2. The van der Waals surface area contributed by atoms with Crippen LogP contribution < -0.4 is 15.2 Å². The predicted octanol–water partition coefficient (Wildman–Crippen LogP) is 4.31. The first-order valence-corrected chi connectivity index (χ1v) is 8.17. The van der Waals surface area contributed by atoms with E-state index in [0.717, 1.165) is 23.0 Å². The minimum Gasteiger partial charge on any atom is -0.496 e. The molecule has 0 heterocycles. The van der Waals surface area contributed by atoms with E-state index in [9.17, 15) is 0 Å². The molecule has 3 heteroatoms. The van der Waals surface area contributed by atoms with Crippen molar-refractivity contribution in [3.05, 3.63) is 23.8 Å². The van der Waals surface area contributed by atoms with E-state index in [-0.39, 0.29) is 6.04 Å². The van der Waals surface area contributed by atoms with Gasteiger partial charge in [-0.05, 0) is 36.8 Å². The lowest BCUT2D eigenvalue weighted by atomic mass is 9.75. The minimum absolute atomic E-state index is 0.00123. The molecule has 2 N–H and O–H groups in total. The van der Waals surface area contributed by atoms with Crippen LogP contribution in [0.3, 0.4) is 0 Å². The van der Waals surface area contributed by atoms with Crippen LogP contribution >= 0.6 is 0 Å². The summed E-state index contributed by atoms with van der Waals surface area (Å²) in [6.07, 6.45) is 7.70. The number of hydrogen-bond acceptors (Lipinski definition) is 3. The fourth-order valence-electron chi connectivity index (χ4n) is 3.69. The van der Waals surface area contributed by atoms with Gasteiger partial charge in [0.2, 0.25) is 0 Å². The van der Waals surface area contributed by atoms with E-state index in [2.05, 4.69) is 6.92 Å². The van der Waals surface area contributed by atoms with E-state index < -0.39 is 0 Å². The molecule has 0 aliphatic heterocycles. The first-order chi connectivity index (χ1) is 10.2. The number of rotatable bonds is 6. The summed E-state index contributed by atoms with van der Waals surface area (Å²) < 4.78 is 11.0. The third-order valence-electron chi connectivity index (χ3n) is 4.90. The molecule has 21 heavy (non-hydrogen) atoms. The number of ether oxygens (including phenoxy) is 2. The lowest BCUT2D eigenvalue weighted by molar-refractivity contribution is 0.229. The van der Waals surface area contributed by atoms with E-state index in [4.69, 9.17) is 15.2 Å². The number of benzene rings is 1. The van der Waals surface area contributed by atoms with Gasteiger partial charge in [0.1, 0.15) is 11.5 Å². The van der Waals surface area contributed by atoms with Crippen molar-refractivity contribution >= 4 is 0 Å². The Morgan fingerprint density at radius 2 is 1.67 bits per heavy atom. The van der Waals surface area contributed by atoms with Crippen molar-refractivity contribution in [1.82, 2.24) is 0 Å². The maximum absolute atomic E-state index is 6.58. The summed E-state index contributed by atoms with van der Waals surface area (Å²) in [5, 5.41) is 0. The molecule has 0 amide bonds. The van der Waals surface area contributed by atoms with E-state index in [1.54, 1.807) is 14.2 Å². The number of nitrogens with two attached hydrogens (primary N) is 1. The highest BCUT2D eigenvalue weighted by molar-refractivity contribution is 5.47. The van der Waals surface area contributed by atoms with Crippen molar-refractivity contribution in [2.45, 2.75) is 51.5 Å². The maximum atomic E-state index is 6.58.